The maximum atomic E-state index is 17.0. The van der Waals surface area contributed by atoms with Gasteiger partial charge in [-0.2, -0.15) is 0 Å². The number of hydrogen-bond acceptors (Lipinski definition) is 0. The van der Waals surface area contributed by atoms with Crippen LogP contribution in [0.4, 0.5) is 87.8 Å². The minimum atomic E-state index is -7.79. The summed E-state index contributed by atoms with van der Waals surface area (Å²) in [5, 5.41) is 0. The molecule has 57 heavy (non-hydrogen) atoms. The van der Waals surface area contributed by atoms with E-state index >= 15 is 70.2 Å². The summed E-state index contributed by atoms with van der Waals surface area (Å²) < 4.78 is 298. The number of allylic oxidation sites excluding steroid dienone is 4. The summed E-state index contributed by atoms with van der Waals surface area (Å²) in [7, 11) is 0. The normalized spacial score (nSPS) is 22.2. The second-order valence-electron chi connectivity index (χ2n) is 13.5. The highest BCUT2D eigenvalue weighted by molar-refractivity contribution is 6.88. The molecule has 0 fully saturated rings. The Hall–Kier alpha value is -5.03. The van der Waals surface area contributed by atoms with E-state index in [9.17, 15) is 17.6 Å². The van der Waals surface area contributed by atoms with Gasteiger partial charge in [0.25, 0.3) is 0 Å². The van der Waals surface area contributed by atoms with Crippen molar-refractivity contribution in [3.05, 3.63) is 162 Å². The van der Waals surface area contributed by atoms with Crippen molar-refractivity contribution in [2.45, 2.75) is 19.1 Å². The molecule has 0 amide bonds. The molecule has 0 N–H and O–H groups in total. The van der Waals surface area contributed by atoms with E-state index in [0.717, 1.165) is 0 Å². The van der Waals surface area contributed by atoms with E-state index in [1.165, 1.54) is 0 Å². The van der Waals surface area contributed by atoms with Crippen molar-refractivity contribution in [1.82, 2.24) is 0 Å². The first-order valence-electron chi connectivity index (χ1n) is 15.7. The van der Waals surface area contributed by atoms with Crippen LogP contribution < -0.4 is 0 Å². The van der Waals surface area contributed by atoms with E-state index in [1.54, 1.807) is 0 Å². The lowest BCUT2D eigenvalue weighted by Crippen LogP contribution is -2.58. The largest absolute Gasteiger partial charge is 0.212 e. The topological polar surface area (TPSA) is 0 Å². The first-order chi connectivity index (χ1) is 26.6. The number of rotatable bonds is 4. The van der Waals surface area contributed by atoms with Gasteiger partial charge in [-0.15, -0.1) is 0 Å². The van der Waals surface area contributed by atoms with Gasteiger partial charge in [0, 0.05) is 0 Å². The summed E-state index contributed by atoms with van der Waals surface area (Å²) in [6, 6.07) is -1.40. The molecule has 0 aromatic heterocycles. The van der Waals surface area contributed by atoms with Crippen LogP contribution in [0.2, 0.25) is 0 Å². The van der Waals surface area contributed by atoms with Crippen LogP contribution in [0.5, 0.6) is 0 Å². The lowest BCUT2D eigenvalue weighted by atomic mass is 10.1. The van der Waals surface area contributed by atoms with Crippen molar-refractivity contribution in [3.8, 4) is 0 Å². The van der Waals surface area contributed by atoms with Crippen LogP contribution >= 0.6 is 0 Å². The SMILES string of the molecule is FC1=C(F)[CH]([Al-]([CH]2C(F)=C(F)c3c2cc(F)c(F)c3F)([CH]2C(F)=C(F)c3c2cc(F)c(F)c3F)[CH]2C(F)=C(F)c3c2cc(F)c(F)c3F)c2cc(F)c(F)c(F)c21. The van der Waals surface area contributed by atoms with Gasteiger partial charge < -0.3 is 0 Å². The fourth-order valence-corrected chi connectivity index (χ4v) is 17.8. The minimum Gasteiger partial charge on any atom is -0.212 e. The first kappa shape index (κ1) is 38.8. The first-order valence-corrected chi connectivity index (χ1v) is 18.4. The monoisotopic (exact) mass is 847 g/mol. The zero-order valence-electron chi connectivity index (χ0n) is 26.8. The predicted molar refractivity (Wildman–Crippen MR) is 159 cm³/mol. The Morgan fingerprint density at radius 3 is 0.614 bits per heavy atom. The van der Waals surface area contributed by atoms with Gasteiger partial charge >= 0.3 is 0 Å². The second-order valence-corrected chi connectivity index (χ2v) is 18.5. The Morgan fingerprint density at radius 1 is 0.263 bits per heavy atom. The van der Waals surface area contributed by atoms with Crippen LogP contribution in [-0.2, 0) is 0 Å². The summed E-state index contributed by atoms with van der Waals surface area (Å²) in [6.07, 6.45) is 0. The van der Waals surface area contributed by atoms with Crippen LogP contribution in [0.25, 0.3) is 23.3 Å². The third-order valence-corrected chi connectivity index (χ3v) is 18.5. The molecule has 0 nitrogen and oxygen atoms in total. The highest BCUT2D eigenvalue weighted by atomic mass is 27.2. The summed E-state index contributed by atoms with van der Waals surface area (Å²) in [4.78, 5) is 0. The molecule has 0 spiro atoms. The van der Waals surface area contributed by atoms with Crippen molar-refractivity contribution in [1.29, 1.82) is 0 Å². The van der Waals surface area contributed by atoms with Gasteiger partial charge in [-0.05, 0) is 24.3 Å². The Labute approximate surface area is 305 Å². The van der Waals surface area contributed by atoms with Crippen LogP contribution in [0.1, 0.15) is 63.6 Å². The zero-order valence-corrected chi connectivity index (χ0v) is 27.9. The second kappa shape index (κ2) is 12.5. The van der Waals surface area contributed by atoms with Crippen molar-refractivity contribution in [3.63, 3.8) is 0 Å². The molecule has 4 aromatic rings. The molecule has 4 atom stereocenters. The molecule has 4 aromatic carbocycles. The van der Waals surface area contributed by atoms with Crippen molar-refractivity contribution in [2.24, 2.45) is 0 Å². The number of benzene rings is 4. The molecule has 0 heterocycles. The van der Waals surface area contributed by atoms with E-state index in [4.69, 9.17) is 0 Å². The summed E-state index contributed by atoms with van der Waals surface area (Å²) in [6.45, 7) is 0. The van der Waals surface area contributed by atoms with Gasteiger partial charge in [0.1, 0.15) is 23.3 Å². The van der Waals surface area contributed by atoms with Crippen molar-refractivity contribution in [2.75, 3.05) is 0 Å². The lowest BCUT2D eigenvalue weighted by molar-refractivity contribution is 0.441. The maximum Gasteiger partial charge on any atom is 0.206 e. The molecular formula is C36H8AlF20-. The van der Waals surface area contributed by atoms with Gasteiger partial charge in [0.05, 0.1) is 22.3 Å². The molecule has 296 valence electrons. The van der Waals surface area contributed by atoms with Crippen LogP contribution in [-0.4, -0.2) is 13.1 Å². The van der Waals surface area contributed by atoms with Gasteiger partial charge in [0.2, 0.25) is 13.1 Å². The highest BCUT2D eigenvalue weighted by Gasteiger charge is 2.68. The van der Waals surface area contributed by atoms with E-state index in [-0.39, 0.29) is 24.3 Å². The summed E-state index contributed by atoms with van der Waals surface area (Å²) in [5.74, 6) is -52.7. The fourth-order valence-electron chi connectivity index (χ4n) is 9.31. The van der Waals surface area contributed by atoms with E-state index in [2.05, 4.69) is 0 Å². The van der Waals surface area contributed by atoms with E-state index in [0.29, 0.717) is 0 Å². The van der Waals surface area contributed by atoms with Gasteiger partial charge in [-0.3, -0.25) is 0 Å². The summed E-state index contributed by atoms with van der Waals surface area (Å²) in [5.41, 5.74) is -15.2. The average Bonchev–Trinajstić information content (AvgIpc) is 3.76. The minimum absolute atomic E-state index is 0.349. The van der Waals surface area contributed by atoms with Crippen LogP contribution in [0.3, 0.4) is 0 Å². The summed E-state index contributed by atoms with van der Waals surface area (Å²) >= 11 is -7.79. The van der Waals surface area contributed by atoms with E-state index in [1.807, 2.05) is 0 Å². The van der Waals surface area contributed by atoms with Crippen molar-refractivity contribution >= 4 is 36.4 Å². The Morgan fingerprint density at radius 2 is 0.439 bits per heavy atom. The number of halogens is 20. The van der Waals surface area contributed by atoms with Crippen LogP contribution in [0, 0.1) is 69.8 Å². The fraction of sp³-hybridized carbons (Fsp3) is 0.111. The molecule has 0 radical (unpaired) electrons. The molecule has 8 rings (SSSR count). The molecule has 0 bridgehead atoms. The Kier molecular flexibility index (Phi) is 8.50. The molecule has 21 heteroatoms. The van der Waals surface area contributed by atoms with Crippen molar-refractivity contribution < 1.29 is 87.8 Å². The van der Waals surface area contributed by atoms with E-state index < -0.39 is 193 Å². The predicted octanol–water partition coefficient (Wildman–Crippen LogP) is 12.9. The standard InChI is InChI=1S/4C9H2F5.Al/c4*10-4-1-3-2-5(11)8(13)9(14)6(3)7(4)12;/h4*1-2H;/q;;;;-1. The molecule has 4 unspecified atom stereocenters. The third-order valence-electron chi connectivity index (χ3n) is 11.2. The Balaban J connectivity index is 1.68. The molecule has 4 aliphatic carbocycles. The lowest BCUT2D eigenvalue weighted by Gasteiger charge is -2.54. The molecule has 0 aliphatic heterocycles. The van der Waals surface area contributed by atoms with Crippen LogP contribution in [0.15, 0.2) is 47.6 Å². The smallest absolute Gasteiger partial charge is 0.206 e. The molecular weight excluding hydrogens is 839 g/mol. The van der Waals surface area contributed by atoms with Gasteiger partial charge in [-0.25, -0.2) is 87.8 Å². The number of hydrogen-bond donors (Lipinski definition) is 0. The van der Waals surface area contributed by atoms with Gasteiger partial charge in [-0.1, -0.05) is 41.4 Å². The number of fused-ring (bicyclic) bond motifs is 4. The maximum absolute atomic E-state index is 17.0. The average molecular weight is 847 g/mol. The van der Waals surface area contributed by atoms with Gasteiger partial charge in [0.15, 0.2) is 93.1 Å². The molecule has 0 saturated carbocycles. The molecule has 4 aliphatic rings. The third kappa shape index (κ3) is 4.60. The highest BCUT2D eigenvalue weighted by Crippen LogP contribution is 2.71. The Bertz CT molecular complexity index is 2360. The molecule has 0 saturated heterocycles. The zero-order chi connectivity index (χ0) is 41.8. The quantitative estimate of drug-likeness (QED) is 0.109.